The molecule has 7 nitrogen and oxygen atoms in total. The third kappa shape index (κ3) is 4.13. The topological polar surface area (TPSA) is 83.0 Å². The molecule has 31 heavy (non-hydrogen) atoms. The van der Waals surface area contributed by atoms with Gasteiger partial charge >= 0.3 is 5.69 Å². The highest BCUT2D eigenvalue weighted by molar-refractivity contribution is 7.71. The molecule has 0 radical (unpaired) electrons. The molecule has 1 aromatic carbocycles. The van der Waals surface area contributed by atoms with Crippen molar-refractivity contribution in [3.63, 3.8) is 0 Å². The van der Waals surface area contributed by atoms with Gasteiger partial charge in [-0.25, -0.2) is 9.78 Å². The Balaban J connectivity index is 1.50. The van der Waals surface area contributed by atoms with Crippen molar-refractivity contribution in [3.05, 3.63) is 74.3 Å². The third-order valence-corrected chi connectivity index (χ3v) is 6.02. The fourth-order valence-electron chi connectivity index (χ4n) is 3.73. The summed E-state index contributed by atoms with van der Waals surface area (Å²) in [5.41, 5.74) is 3.26. The average molecular weight is 440 g/mol. The number of amides is 1. The summed E-state index contributed by atoms with van der Waals surface area (Å²) in [4.78, 5) is 32.2. The molecule has 3 aromatic rings. The van der Waals surface area contributed by atoms with Crippen LogP contribution in [0.25, 0.3) is 10.9 Å². The van der Waals surface area contributed by atoms with Crippen molar-refractivity contribution in [3.8, 4) is 0 Å². The predicted octanol–water partition coefficient (Wildman–Crippen LogP) is 2.87. The number of H-pyrrole nitrogens is 1. The SMILES string of the molecule is CNC(=O)c1ccc(N2CC=C(Cc3ccc4c(=S)n(C)c(=O)[nH]c4c3)CC2)c(F)n1. The maximum absolute atomic E-state index is 14.4. The largest absolute Gasteiger partial charge is 0.364 e. The number of benzene rings is 1. The van der Waals surface area contributed by atoms with E-state index in [1.807, 2.05) is 23.1 Å². The summed E-state index contributed by atoms with van der Waals surface area (Å²) in [6.07, 6.45) is 3.61. The number of rotatable bonds is 4. The van der Waals surface area contributed by atoms with Crippen LogP contribution in [0.1, 0.15) is 22.5 Å². The van der Waals surface area contributed by atoms with E-state index in [4.69, 9.17) is 12.2 Å². The van der Waals surface area contributed by atoms with E-state index in [0.717, 1.165) is 29.3 Å². The van der Waals surface area contributed by atoms with Gasteiger partial charge in [0, 0.05) is 32.6 Å². The lowest BCUT2D eigenvalue weighted by molar-refractivity contribution is 0.0957. The van der Waals surface area contributed by atoms with Gasteiger partial charge in [-0.15, -0.1) is 0 Å². The second-order valence-electron chi connectivity index (χ2n) is 7.49. The van der Waals surface area contributed by atoms with Gasteiger partial charge in [0.2, 0.25) is 5.95 Å². The Hall–Kier alpha value is -3.33. The number of hydrogen-bond donors (Lipinski definition) is 2. The van der Waals surface area contributed by atoms with Crippen LogP contribution < -0.4 is 15.9 Å². The van der Waals surface area contributed by atoms with Crippen LogP contribution in [0, 0.1) is 10.6 Å². The number of aromatic nitrogens is 3. The van der Waals surface area contributed by atoms with Crippen LogP contribution in [0.2, 0.25) is 0 Å². The molecule has 0 aliphatic carbocycles. The number of pyridine rings is 1. The second kappa shape index (κ2) is 8.43. The molecule has 0 spiro atoms. The van der Waals surface area contributed by atoms with E-state index in [2.05, 4.69) is 21.4 Å². The van der Waals surface area contributed by atoms with Crippen molar-refractivity contribution in [2.75, 3.05) is 25.0 Å². The summed E-state index contributed by atoms with van der Waals surface area (Å²) < 4.78 is 16.4. The van der Waals surface area contributed by atoms with Gasteiger partial charge < -0.3 is 15.2 Å². The van der Waals surface area contributed by atoms with Gasteiger partial charge in [0.25, 0.3) is 5.91 Å². The zero-order valence-electron chi connectivity index (χ0n) is 17.2. The van der Waals surface area contributed by atoms with Gasteiger partial charge in [-0.05, 0) is 42.7 Å². The van der Waals surface area contributed by atoms with Crippen molar-refractivity contribution in [2.45, 2.75) is 12.8 Å². The van der Waals surface area contributed by atoms with E-state index in [0.29, 0.717) is 23.4 Å². The molecular formula is C22H22FN5O2S. The average Bonchev–Trinajstić information content (AvgIpc) is 2.77. The lowest BCUT2D eigenvalue weighted by Gasteiger charge is -2.28. The first-order valence-corrected chi connectivity index (χ1v) is 10.3. The van der Waals surface area contributed by atoms with Crippen molar-refractivity contribution < 1.29 is 9.18 Å². The van der Waals surface area contributed by atoms with Crippen molar-refractivity contribution in [2.24, 2.45) is 7.05 Å². The Kier molecular flexibility index (Phi) is 5.69. The molecule has 9 heteroatoms. The van der Waals surface area contributed by atoms with Gasteiger partial charge in [-0.3, -0.25) is 9.36 Å². The first kappa shape index (κ1) is 20.9. The maximum atomic E-state index is 14.4. The Labute approximate surface area is 183 Å². The summed E-state index contributed by atoms with van der Waals surface area (Å²) in [5.74, 6) is -1.07. The minimum absolute atomic E-state index is 0.0576. The van der Waals surface area contributed by atoms with Crippen LogP contribution in [0.3, 0.4) is 0 Å². The summed E-state index contributed by atoms with van der Waals surface area (Å²) >= 11 is 5.35. The van der Waals surface area contributed by atoms with E-state index in [-0.39, 0.29) is 11.4 Å². The van der Waals surface area contributed by atoms with Gasteiger partial charge in [0.05, 0.1) is 11.2 Å². The Bertz CT molecular complexity index is 1330. The van der Waals surface area contributed by atoms with E-state index < -0.39 is 11.9 Å². The number of halogens is 1. The Morgan fingerprint density at radius 1 is 1.32 bits per heavy atom. The molecule has 3 heterocycles. The van der Waals surface area contributed by atoms with E-state index in [9.17, 15) is 14.0 Å². The van der Waals surface area contributed by atoms with Crippen molar-refractivity contribution in [1.29, 1.82) is 0 Å². The quantitative estimate of drug-likeness (QED) is 0.371. The number of hydrogen-bond acceptors (Lipinski definition) is 5. The lowest BCUT2D eigenvalue weighted by atomic mass is 9.98. The first-order chi connectivity index (χ1) is 14.9. The molecule has 0 fully saturated rings. The lowest BCUT2D eigenvalue weighted by Crippen LogP contribution is -2.30. The molecule has 1 aliphatic rings. The Morgan fingerprint density at radius 2 is 2.13 bits per heavy atom. The standard InChI is InChI=1S/C22H22FN5O2S/c1-24-20(29)16-5-6-18(19(23)25-16)28-9-7-13(8-10-28)11-14-3-4-15-17(12-14)26-22(30)27(2)21(15)31/h3-7,12H,8-11H2,1-2H3,(H,24,29)(H,26,30). The maximum Gasteiger partial charge on any atom is 0.326 e. The molecule has 1 aliphatic heterocycles. The first-order valence-electron chi connectivity index (χ1n) is 9.91. The summed E-state index contributed by atoms with van der Waals surface area (Å²) in [6.45, 7) is 1.21. The van der Waals surface area contributed by atoms with E-state index >= 15 is 0 Å². The number of nitrogens with one attached hydrogen (secondary N) is 2. The second-order valence-corrected chi connectivity index (χ2v) is 7.88. The number of nitrogens with zero attached hydrogens (tertiary/aromatic N) is 3. The number of carbonyl (C=O) groups excluding carboxylic acids is 1. The van der Waals surface area contributed by atoms with Crippen LogP contribution in [0.4, 0.5) is 10.1 Å². The normalized spacial score (nSPS) is 13.9. The molecule has 2 N–H and O–H groups in total. The Morgan fingerprint density at radius 3 is 2.81 bits per heavy atom. The molecular weight excluding hydrogens is 417 g/mol. The molecule has 0 bridgehead atoms. The fraction of sp³-hybridized carbons (Fsp3) is 0.273. The number of carbonyl (C=O) groups is 1. The fourth-order valence-corrected chi connectivity index (χ4v) is 3.99. The van der Waals surface area contributed by atoms with Gasteiger partial charge in [-0.1, -0.05) is 29.9 Å². The molecule has 0 unspecified atom stereocenters. The summed E-state index contributed by atoms with van der Waals surface area (Å²) in [7, 11) is 3.13. The third-order valence-electron chi connectivity index (χ3n) is 5.53. The molecule has 1 amide bonds. The number of fused-ring (bicyclic) bond motifs is 1. The smallest absolute Gasteiger partial charge is 0.326 e. The minimum Gasteiger partial charge on any atom is -0.364 e. The van der Waals surface area contributed by atoms with Crippen LogP contribution in [0.5, 0.6) is 0 Å². The highest BCUT2D eigenvalue weighted by Crippen LogP contribution is 2.24. The predicted molar refractivity (Wildman–Crippen MR) is 121 cm³/mol. The molecule has 0 saturated heterocycles. The van der Waals surface area contributed by atoms with Crippen LogP contribution in [0.15, 0.2) is 46.8 Å². The van der Waals surface area contributed by atoms with Gasteiger partial charge in [0.1, 0.15) is 10.3 Å². The van der Waals surface area contributed by atoms with Gasteiger partial charge in [0.15, 0.2) is 0 Å². The van der Waals surface area contributed by atoms with E-state index in [1.165, 1.54) is 23.3 Å². The molecule has 0 saturated carbocycles. The zero-order chi connectivity index (χ0) is 22.1. The summed E-state index contributed by atoms with van der Waals surface area (Å²) in [6, 6.07) is 9.04. The molecule has 160 valence electrons. The molecule has 4 rings (SSSR count). The minimum atomic E-state index is -0.649. The highest BCUT2D eigenvalue weighted by atomic mass is 32.1. The monoisotopic (exact) mass is 439 g/mol. The molecule has 2 aromatic heterocycles. The summed E-state index contributed by atoms with van der Waals surface area (Å²) in [5, 5.41) is 3.28. The van der Waals surface area contributed by atoms with Crippen molar-refractivity contribution >= 4 is 34.7 Å². The highest BCUT2D eigenvalue weighted by Gasteiger charge is 2.18. The van der Waals surface area contributed by atoms with Crippen LogP contribution in [-0.4, -0.2) is 40.6 Å². The zero-order valence-corrected chi connectivity index (χ0v) is 18.1. The van der Waals surface area contributed by atoms with Gasteiger partial charge in [-0.2, -0.15) is 4.39 Å². The number of aromatic amines is 1. The van der Waals surface area contributed by atoms with Crippen LogP contribution in [-0.2, 0) is 13.5 Å². The van der Waals surface area contributed by atoms with Crippen LogP contribution >= 0.6 is 12.2 Å². The van der Waals surface area contributed by atoms with Crippen molar-refractivity contribution in [1.82, 2.24) is 19.9 Å². The molecule has 0 atom stereocenters. The number of anilines is 1. The van der Waals surface area contributed by atoms with E-state index in [1.54, 1.807) is 13.1 Å².